The van der Waals surface area contributed by atoms with Crippen LogP contribution in [0.15, 0.2) is 23.6 Å². The van der Waals surface area contributed by atoms with Gasteiger partial charge in [-0.25, -0.2) is 23.7 Å². The number of fused-ring (bicyclic) bond motifs is 3. The first kappa shape index (κ1) is 15.9. The van der Waals surface area contributed by atoms with Crippen LogP contribution < -0.4 is 0 Å². The Kier molecular flexibility index (Phi) is 3.64. The number of pyridine rings is 1. The molecule has 6 nitrogen and oxygen atoms in total. The van der Waals surface area contributed by atoms with Crippen LogP contribution in [0.25, 0.3) is 16.7 Å². The lowest BCUT2D eigenvalue weighted by molar-refractivity contribution is 0.0744. The van der Waals surface area contributed by atoms with Gasteiger partial charge in [0.2, 0.25) is 5.16 Å². The third-order valence-corrected chi connectivity index (χ3v) is 4.11. The molecule has 0 bridgehead atoms. The summed E-state index contributed by atoms with van der Waals surface area (Å²) in [6.07, 6.45) is 1.51. The fraction of sp³-hybridized carbons (Fsp3) is 0.357. The highest BCUT2D eigenvalue weighted by atomic mass is 32.2. The van der Waals surface area contributed by atoms with Crippen LogP contribution in [0.2, 0.25) is 0 Å². The highest BCUT2D eigenvalue weighted by Gasteiger charge is 2.24. The van der Waals surface area contributed by atoms with Gasteiger partial charge in [0.15, 0.2) is 0 Å². The molecule has 3 aromatic heterocycles. The molecule has 1 N–H and O–H groups in total. The van der Waals surface area contributed by atoms with Gasteiger partial charge in [0.25, 0.3) is 6.43 Å². The summed E-state index contributed by atoms with van der Waals surface area (Å²) in [5.41, 5.74) is -1.00. The molecule has 0 aromatic carbocycles. The van der Waals surface area contributed by atoms with E-state index in [0.29, 0.717) is 11.0 Å². The van der Waals surface area contributed by atoms with Gasteiger partial charge in [-0.2, -0.15) is 0 Å². The van der Waals surface area contributed by atoms with Crippen molar-refractivity contribution < 1.29 is 18.1 Å². The van der Waals surface area contributed by atoms with Gasteiger partial charge in [0.1, 0.15) is 16.9 Å². The van der Waals surface area contributed by atoms with Crippen molar-refractivity contribution in [1.29, 1.82) is 0 Å². The summed E-state index contributed by atoms with van der Waals surface area (Å²) in [6.45, 7) is 3.03. The molecule has 0 amide bonds. The van der Waals surface area contributed by atoms with E-state index < -0.39 is 22.8 Å². The molecule has 0 aliphatic heterocycles. The zero-order valence-corrected chi connectivity index (χ0v) is 13.4. The molecular weight excluding hydrogens is 326 g/mol. The number of imidazole rings is 1. The summed E-state index contributed by atoms with van der Waals surface area (Å²) < 4.78 is 39.6. The molecular formula is C14H14F2N4O2S. The molecule has 3 heterocycles. The van der Waals surface area contributed by atoms with Gasteiger partial charge in [-0.1, -0.05) is 0 Å². The van der Waals surface area contributed by atoms with Gasteiger partial charge in [-0.05, 0) is 19.9 Å². The second-order valence-corrected chi connectivity index (χ2v) is 6.94. The van der Waals surface area contributed by atoms with Gasteiger partial charge in [0.05, 0.1) is 22.1 Å². The maximum atomic E-state index is 13.3. The summed E-state index contributed by atoms with van der Waals surface area (Å²) in [6, 6.07) is 1.26. The van der Waals surface area contributed by atoms with Crippen molar-refractivity contribution in [2.75, 3.05) is 6.26 Å². The lowest BCUT2D eigenvalue weighted by atomic mass is 10.1. The summed E-state index contributed by atoms with van der Waals surface area (Å²) in [5.74, 6) is 0. The maximum absolute atomic E-state index is 13.3. The Balaban J connectivity index is 2.44. The first-order chi connectivity index (χ1) is 10.7. The molecule has 0 radical (unpaired) electrons. The molecule has 0 aliphatic rings. The number of aliphatic hydroxyl groups is 1. The molecule has 1 atom stereocenters. The summed E-state index contributed by atoms with van der Waals surface area (Å²) in [7, 11) is -1.41. The van der Waals surface area contributed by atoms with Gasteiger partial charge in [0, 0.05) is 24.0 Å². The van der Waals surface area contributed by atoms with E-state index >= 15 is 0 Å². The topological polar surface area (TPSA) is 80.4 Å². The zero-order valence-electron chi connectivity index (χ0n) is 12.6. The second kappa shape index (κ2) is 5.27. The minimum atomic E-state index is -2.74. The number of rotatable bonds is 3. The summed E-state index contributed by atoms with van der Waals surface area (Å²) in [4.78, 5) is 12.2. The Hall–Kier alpha value is -2.00. The summed E-state index contributed by atoms with van der Waals surface area (Å²) >= 11 is 0. The van der Waals surface area contributed by atoms with Crippen molar-refractivity contribution in [1.82, 2.24) is 19.4 Å². The van der Waals surface area contributed by atoms with Crippen molar-refractivity contribution in [2.45, 2.75) is 31.0 Å². The Morgan fingerprint density at radius 1 is 1.30 bits per heavy atom. The predicted octanol–water partition coefficient (Wildman–Crippen LogP) is 2.18. The molecule has 9 heteroatoms. The molecule has 0 saturated heterocycles. The molecule has 1 unspecified atom stereocenters. The van der Waals surface area contributed by atoms with Crippen molar-refractivity contribution in [3.05, 3.63) is 29.7 Å². The third-order valence-electron chi connectivity index (χ3n) is 3.40. The van der Waals surface area contributed by atoms with Crippen LogP contribution in [0.5, 0.6) is 0 Å². The first-order valence-electron chi connectivity index (χ1n) is 6.71. The van der Waals surface area contributed by atoms with Crippen LogP contribution >= 0.6 is 0 Å². The van der Waals surface area contributed by atoms with Crippen LogP contribution in [0.1, 0.15) is 31.5 Å². The van der Waals surface area contributed by atoms with E-state index in [0.717, 1.165) is 0 Å². The molecule has 0 saturated carbocycles. The zero-order chi connectivity index (χ0) is 16.9. The number of nitrogens with zero attached hydrogens (tertiary/aromatic N) is 4. The van der Waals surface area contributed by atoms with E-state index in [4.69, 9.17) is 0 Å². The molecule has 23 heavy (non-hydrogen) atoms. The highest BCUT2D eigenvalue weighted by Crippen LogP contribution is 2.30. The Bertz CT molecular complexity index is 934. The minimum absolute atomic E-state index is 0.0103. The second-order valence-electron chi connectivity index (χ2n) is 5.66. The smallest absolute Gasteiger partial charge is 0.267 e. The van der Waals surface area contributed by atoms with Crippen LogP contribution in [0.3, 0.4) is 0 Å². The molecule has 122 valence electrons. The predicted molar refractivity (Wildman–Crippen MR) is 80.8 cm³/mol. The van der Waals surface area contributed by atoms with Crippen molar-refractivity contribution in [3.8, 4) is 0 Å². The van der Waals surface area contributed by atoms with E-state index in [-0.39, 0.29) is 22.1 Å². The average molecular weight is 340 g/mol. The average Bonchev–Trinajstić information content (AvgIpc) is 2.90. The minimum Gasteiger partial charge on any atom is -0.384 e. The Labute approximate surface area is 132 Å². The lowest BCUT2D eigenvalue weighted by Crippen LogP contribution is -2.15. The monoisotopic (exact) mass is 340 g/mol. The summed E-state index contributed by atoms with van der Waals surface area (Å²) in [5, 5.41) is 10.6. The quantitative estimate of drug-likeness (QED) is 0.739. The van der Waals surface area contributed by atoms with Gasteiger partial charge >= 0.3 is 0 Å². The van der Waals surface area contributed by atoms with Crippen LogP contribution in [-0.4, -0.2) is 34.9 Å². The number of alkyl halides is 2. The maximum Gasteiger partial charge on any atom is 0.267 e. The number of halogens is 2. The third kappa shape index (κ3) is 2.70. The molecule has 0 spiro atoms. The van der Waals surface area contributed by atoms with Crippen LogP contribution in [0.4, 0.5) is 8.78 Å². The lowest BCUT2D eigenvalue weighted by Gasteiger charge is -2.12. The number of aromatic nitrogens is 4. The van der Waals surface area contributed by atoms with E-state index in [1.807, 2.05) is 0 Å². The fourth-order valence-corrected chi connectivity index (χ4v) is 2.65. The van der Waals surface area contributed by atoms with Crippen LogP contribution in [0, 0.1) is 0 Å². The van der Waals surface area contributed by atoms with Crippen LogP contribution in [-0.2, 0) is 16.4 Å². The van der Waals surface area contributed by atoms with E-state index in [1.54, 1.807) is 0 Å². The fourth-order valence-electron chi connectivity index (χ4n) is 2.23. The molecule has 3 rings (SSSR count). The standard InChI is InChI=1S/C14H14F2N4O2S/c1-14(2,21)9-6-20-11-7(5-17-13(19-11)23(3)22)4-8(10(15)16)12(20)18-9/h4-6,10,21H,1-3H3. The molecule has 3 aromatic rings. The van der Waals surface area contributed by atoms with E-state index in [9.17, 15) is 18.1 Å². The SMILES string of the molecule is CS(=O)c1ncc2cc(C(F)F)c3nc(C(C)(C)O)cn3c2n1. The first-order valence-corrected chi connectivity index (χ1v) is 8.27. The van der Waals surface area contributed by atoms with Gasteiger partial charge < -0.3 is 5.11 Å². The van der Waals surface area contributed by atoms with Crippen molar-refractivity contribution in [3.63, 3.8) is 0 Å². The van der Waals surface area contributed by atoms with E-state index in [1.165, 1.54) is 43.0 Å². The number of hydrogen-bond donors (Lipinski definition) is 1. The molecule has 0 aliphatic carbocycles. The largest absolute Gasteiger partial charge is 0.384 e. The van der Waals surface area contributed by atoms with Gasteiger partial charge in [-0.3, -0.25) is 8.61 Å². The Morgan fingerprint density at radius 3 is 2.57 bits per heavy atom. The van der Waals surface area contributed by atoms with Crippen molar-refractivity contribution in [2.24, 2.45) is 0 Å². The number of hydrogen-bond acceptors (Lipinski definition) is 5. The normalized spacial score (nSPS) is 14.0. The van der Waals surface area contributed by atoms with Crippen molar-refractivity contribution >= 4 is 27.5 Å². The highest BCUT2D eigenvalue weighted by molar-refractivity contribution is 7.84. The van der Waals surface area contributed by atoms with Gasteiger partial charge in [-0.15, -0.1) is 0 Å². The Morgan fingerprint density at radius 2 is 2.00 bits per heavy atom. The van der Waals surface area contributed by atoms with E-state index in [2.05, 4.69) is 15.0 Å². The molecule has 0 fully saturated rings.